The Kier molecular flexibility index (Phi) is 5.31. The van der Waals surface area contributed by atoms with E-state index in [1.54, 1.807) is 13.8 Å². The van der Waals surface area contributed by atoms with E-state index in [0.717, 1.165) is 10.4 Å². The van der Waals surface area contributed by atoms with Crippen LogP contribution in [0.3, 0.4) is 0 Å². The highest BCUT2D eigenvalue weighted by atomic mass is 79.9. The zero-order valence-corrected chi connectivity index (χ0v) is 13.7. The Morgan fingerprint density at radius 3 is 2.45 bits per heavy atom. The number of rotatable bonds is 5. The number of sulfonamides is 1. The van der Waals surface area contributed by atoms with Gasteiger partial charge in [-0.1, -0.05) is 0 Å². The van der Waals surface area contributed by atoms with Crippen LogP contribution in [0.1, 0.15) is 22.8 Å². The van der Waals surface area contributed by atoms with Gasteiger partial charge >= 0.3 is 5.97 Å². The summed E-state index contributed by atoms with van der Waals surface area (Å²) in [5.74, 6) is -1.20. The van der Waals surface area contributed by atoms with Crippen molar-refractivity contribution >= 4 is 31.9 Å². The molecule has 1 atom stereocenters. The lowest BCUT2D eigenvalue weighted by Crippen LogP contribution is -2.37. The molecule has 1 aromatic rings. The Morgan fingerprint density at radius 1 is 1.45 bits per heavy atom. The van der Waals surface area contributed by atoms with Crippen molar-refractivity contribution in [2.45, 2.75) is 24.8 Å². The quantitative estimate of drug-likeness (QED) is 0.823. The van der Waals surface area contributed by atoms with E-state index in [-0.39, 0.29) is 17.1 Å². The fraction of sp³-hybridized carbons (Fsp3) is 0.417. The molecule has 112 valence electrons. The molecule has 0 bridgehead atoms. The van der Waals surface area contributed by atoms with Crippen molar-refractivity contribution in [2.24, 2.45) is 0 Å². The molecule has 1 unspecified atom stereocenters. The molecule has 8 heteroatoms. The summed E-state index contributed by atoms with van der Waals surface area (Å²) >= 11 is 3.18. The molecule has 6 nitrogen and oxygen atoms in total. The average molecular weight is 366 g/mol. The third-order valence-electron chi connectivity index (χ3n) is 3.01. The number of halogens is 1. The Balaban J connectivity index is 3.49. The van der Waals surface area contributed by atoms with Gasteiger partial charge in [-0.2, -0.15) is 4.31 Å². The number of likely N-dealkylation sites (N-methyl/N-ethyl adjacent to an activating group) is 1. The van der Waals surface area contributed by atoms with E-state index < -0.39 is 22.0 Å². The van der Waals surface area contributed by atoms with E-state index in [2.05, 4.69) is 15.9 Å². The van der Waals surface area contributed by atoms with Gasteiger partial charge < -0.3 is 10.2 Å². The van der Waals surface area contributed by atoms with Crippen molar-refractivity contribution in [3.63, 3.8) is 0 Å². The first-order valence-corrected chi connectivity index (χ1v) is 7.98. The summed E-state index contributed by atoms with van der Waals surface area (Å²) in [5.41, 5.74) is 0.405. The maximum absolute atomic E-state index is 12.5. The number of hydrogen-bond acceptors (Lipinski definition) is 4. The molecule has 0 saturated heterocycles. The van der Waals surface area contributed by atoms with Crippen LogP contribution in [0.25, 0.3) is 0 Å². The molecule has 0 saturated carbocycles. The first-order chi connectivity index (χ1) is 9.12. The maximum Gasteiger partial charge on any atom is 0.335 e. The van der Waals surface area contributed by atoms with Crippen molar-refractivity contribution in [1.82, 2.24) is 4.31 Å². The number of aromatic carboxylic acids is 1. The topological polar surface area (TPSA) is 94.9 Å². The minimum Gasteiger partial charge on any atom is -0.478 e. The standard InChI is InChI=1S/C12H16BrNO5S/c1-7-4-9(12(16)17)5-10(11(7)13)20(18,19)14(3)8(2)6-15/h4-5,8,15H,6H2,1-3H3,(H,16,17). The molecule has 0 aromatic heterocycles. The van der Waals surface area contributed by atoms with Crippen LogP contribution in [-0.2, 0) is 10.0 Å². The number of aliphatic hydroxyl groups is 1. The summed E-state index contributed by atoms with van der Waals surface area (Å²) in [5, 5.41) is 18.1. The Hall–Kier alpha value is -0.960. The second kappa shape index (κ2) is 6.21. The molecular formula is C12H16BrNO5S. The summed E-state index contributed by atoms with van der Waals surface area (Å²) < 4.78 is 26.3. The van der Waals surface area contributed by atoms with Crippen molar-refractivity contribution in [2.75, 3.05) is 13.7 Å². The van der Waals surface area contributed by atoms with Gasteiger partial charge in [-0.15, -0.1) is 0 Å². The van der Waals surface area contributed by atoms with E-state index in [1.165, 1.54) is 13.1 Å². The average Bonchev–Trinajstić information content (AvgIpc) is 2.39. The number of hydrogen-bond donors (Lipinski definition) is 2. The van der Waals surface area contributed by atoms with E-state index in [0.29, 0.717) is 10.0 Å². The molecule has 0 aliphatic carbocycles. The number of aryl methyl sites for hydroxylation is 1. The molecule has 0 fully saturated rings. The van der Waals surface area contributed by atoms with Gasteiger partial charge in [0.15, 0.2) is 0 Å². The lowest BCUT2D eigenvalue weighted by molar-refractivity contribution is 0.0696. The number of benzene rings is 1. The van der Waals surface area contributed by atoms with Gasteiger partial charge in [0.1, 0.15) is 0 Å². The molecular weight excluding hydrogens is 350 g/mol. The normalized spacial score (nSPS) is 13.5. The smallest absolute Gasteiger partial charge is 0.335 e. The van der Waals surface area contributed by atoms with Crippen LogP contribution >= 0.6 is 15.9 Å². The number of carboxylic acid groups (broad SMARTS) is 1. The fourth-order valence-electron chi connectivity index (χ4n) is 1.56. The Bertz CT molecular complexity index is 629. The summed E-state index contributed by atoms with van der Waals surface area (Å²) in [7, 11) is -2.56. The van der Waals surface area contributed by atoms with Gasteiger partial charge in [0, 0.05) is 17.6 Å². The molecule has 0 spiro atoms. The molecule has 0 radical (unpaired) electrons. The number of carboxylic acids is 1. The second-order valence-corrected chi connectivity index (χ2v) is 7.22. The number of carbonyl (C=O) groups is 1. The van der Waals surface area contributed by atoms with Crippen LogP contribution in [0.2, 0.25) is 0 Å². The van der Waals surface area contributed by atoms with Crippen molar-refractivity contribution in [1.29, 1.82) is 0 Å². The van der Waals surface area contributed by atoms with Gasteiger partial charge in [-0.25, -0.2) is 13.2 Å². The largest absolute Gasteiger partial charge is 0.478 e. The molecule has 0 amide bonds. The molecule has 0 heterocycles. The van der Waals surface area contributed by atoms with E-state index in [1.807, 2.05) is 0 Å². The number of nitrogens with zero attached hydrogens (tertiary/aromatic N) is 1. The molecule has 2 N–H and O–H groups in total. The van der Waals surface area contributed by atoms with Crippen molar-refractivity contribution < 1.29 is 23.4 Å². The fourth-order valence-corrected chi connectivity index (χ4v) is 3.91. The van der Waals surface area contributed by atoms with Crippen LogP contribution in [-0.4, -0.2) is 48.6 Å². The third-order valence-corrected chi connectivity index (χ3v) is 6.32. The Labute approximate surface area is 126 Å². The SMILES string of the molecule is Cc1cc(C(=O)O)cc(S(=O)(=O)N(C)C(C)CO)c1Br. The van der Waals surface area contributed by atoms with Crippen LogP contribution < -0.4 is 0 Å². The zero-order chi connectivity index (χ0) is 15.7. The first-order valence-electron chi connectivity index (χ1n) is 5.75. The highest BCUT2D eigenvalue weighted by Crippen LogP contribution is 2.30. The Morgan fingerprint density at radius 2 is 2.00 bits per heavy atom. The summed E-state index contributed by atoms with van der Waals surface area (Å²) in [6.45, 7) is 2.84. The zero-order valence-electron chi connectivity index (χ0n) is 11.3. The third kappa shape index (κ3) is 3.20. The van der Waals surface area contributed by atoms with Crippen LogP contribution in [0, 0.1) is 6.92 Å². The van der Waals surface area contributed by atoms with Crippen LogP contribution in [0.4, 0.5) is 0 Å². The second-order valence-electron chi connectivity index (χ2n) is 4.46. The highest BCUT2D eigenvalue weighted by molar-refractivity contribution is 9.10. The summed E-state index contributed by atoms with van der Waals surface area (Å²) in [6, 6.07) is 1.89. The van der Waals surface area contributed by atoms with Crippen LogP contribution in [0.15, 0.2) is 21.5 Å². The molecule has 0 aliphatic rings. The highest BCUT2D eigenvalue weighted by Gasteiger charge is 2.28. The van der Waals surface area contributed by atoms with Gasteiger partial charge in [0.05, 0.1) is 17.1 Å². The van der Waals surface area contributed by atoms with Crippen LogP contribution in [0.5, 0.6) is 0 Å². The van der Waals surface area contributed by atoms with Gasteiger partial charge in [0.25, 0.3) is 0 Å². The molecule has 20 heavy (non-hydrogen) atoms. The van der Waals surface area contributed by atoms with E-state index in [4.69, 9.17) is 10.2 Å². The van der Waals surface area contributed by atoms with Gasteiger partial charge in [-0.3, -0.25) is 0 Å². The predicted octanol–water partition coefficient (Wildman–Crippen LogP) is 1.46. The number of aliphatic hydroxyl groups excluding tert-OH is 1. The summed E-state index contributed by atoms with van der Waals surface area (Å²) in [6.07, 6.45) is 0. The lowest BCUT2D eigenvalue weighted by atomic mass is 10.1. The maximum atomic E-state index is 12.5. The van der Waals surface area contributed by atoms with Crippen molar-refractivity contribution in [3.8, 4) is 0 Å². The van der Waals surface area contributed by atoms with Gasteiger partial charge in [-0.05, 0) is 47.5 Å². The first kappa shape index (κ1) is 17.1. The van der Waals surface area contributed by atoms with Gasteiger partial charge in [0.2, 0.25) is 10.0 Å². The molecule has 1 rings (SSSR count). The predicted molar refractivity (Wildman–Crippen MR) is 77.3 cm³/mol. The summed E-state index contributed by atoms with van der Waals surface area (Å²) in [4.78, 5) is 10.9. The minimum atomic E-state index is -3.90. The minimum absolute atomic E-state index is 0.102. The molecule has 0 aliphatic heterocycles. The van der Waals surface area contributed by atoms with E-state index >= 15 is 0 Å². The molecule has 1 aromatic carbocycles. The van der Waals surface area contributed by atoms with Crippen molar-refractivity contribution in [3.05, 3.63) is 27.7 Å². The van der Waals surface area contributed by atoms with E-state index in [9.17, 15) is 13.2 Å². The monoisotopic (exact) mass is 365 g/mol. The lowest BCUT2D eigenvalue weighted by Gasteiger charge is -2.23.